The standard InChI is InChI=1S/C30H63N2O6P/c1-6-8-9-10-11-12-13-14-15-16-17-18-19-20-21-22-23-24-25-29(38-30(33)31-7-2)28-37-39(34,35)36-27-26-32(3,4)5/h29H,6-28H2,1-5H3,(H-,31,33,34,35)/p+1. The number of carbonyl (C=O) groups excluding carboxylic acids is 1. The van der Waals surface area contributed by atoms with Crippen LogP contribution >= 0.6 is 7.82 Å². The topological polar surface area (TPSA) is 94.1 Å². The number of hydrogen-bond donors (Lipinski definition) is 2. The molecule has 0 aromatic carbocycles. The fourth-order valence-electron chi connectivity index (χ4n) is 4.43. The number of alkyl carbamates (subject to hydrolysis) is 1. The van der Waals surface area contributed by atoms with Crippen LogP contribution in [0.25, 0.3) is 0 Å². The second kappa shape index (κ2) is 25.1. The van der Waals surface area contributed by atoms with Crippen LogP contribution in [-0.2, 0) is 18.3 Å². The predicted molar refractivity (Wildman–Crippen MR) is 162 cm³/mol. The summed E-state index contributed by atoms with van der Waals surface area (Å²) in [6.07, 6.45) is 23.1. The summed E-state index contributed by atoms with van der Waals surface area (Å²) in [4.78, 5) is 21.9. The maximum absolute atomic E-state index is 12.2. The summed E-state index contributed by atoms with van der Waals surface area (Å²) in [6.45, 7) is 5.07. The van der Waals surface area contributed by atoms with Crippen LogP contribution in [0.4, 0.5) is 4.79 Å². The summed E-state index contributed by atoms with van der Waals surface area (Å²) in [7, 11) is 1.73. The molecule has 0 spiro atoms. The summed E-state index contributed by atoms with van der Waals surface area (Å²) in [5, 5.41) is 2.60. The number of quaternary nitrogens is 1. The van der Waals surface area contributed by atoms with E-state index in [1.54, 1.807) is 0 Å². The number of hydrogen-bond acceptors (Lipinski definition) is 5. The number of amides is 1. The molecule has 2 atom stereocenters. The van der Waals surface area contributed by atoms with Crippen LogP contribution in [0.5, 0.6) is 0 Å². The van der Waals surface area contributed by atoms with Crippen LogP contribution in [0.1, 0.15) is 136 Å². The largest absolute Gasteiger partial charge is 0.472 e. The SMILES string of the molecule is CCCCCCCCCCCCCCCCCCCCC(COP(=O)(O)OCC[N+](C)(C)C)OC(=O)NCC. The highest BCUT2D eigenvalue weighted by molar-refractivity contribution is 7.47. The molecule has 234 valence electrons. The Hall–Kier alpha value is -0.660. The first-order chi connectivity index (χ1) is 18.6. The third-order valence-corrected chi connectivity index (χ3v) is 7.90. The maximum atomic E-state index is 12.2. The van der Waals surface area contributed by atoms with E-state index in [-0.39, 0.29) is 13.2 Å². The Morgan fingerprint density at radius 1 is 0.744 bits per heavy atom. The molecular formula is C30H64N2O6P+. The lowest BCUT2D eigenvalue weighted by Crippen LogP contribution is -2.37. The minimum absolute atomic E-state index is 0.110. The molecule has 0 aliphatic heterocycles. The van der Waals surface area contributed by atoms with Crippen molar-refractivity contribution in [3.8, 4) is 0 Å². The molecule has 0 aliphatic rings. The first-order valence-electron chi connectivity index (χ1n) is 16.0. The highest BCUT2D eigenvalue weighted by Crippen LogP contribution is 2.43. The lowest BCUT2D eigenvalue weighted by Gasteiger charge is -2.24. The summed E-state index contributed by atoms with van der Waals surface area (Å²) in [5.74, 6) is 0. The van der Waals surface area contributed by atoms with Gasteiger partial charge in [0, 0.05) is 6.54 Å². The van der Waals surface area contributed by atoms with E-state index in [1.807, 2.05) is 28.1 Å². The van der Waals surface area contributed by atoms with Gasteiger partial charge < -0.3 is 19.4 Å². The van der Waals surface area contributed by atoms with Crippen molar-refractivity contribution in [3.05, 3.63) is 0 Å². The summed E-state index contributed by atoms with van der Waals surface area (Å²) in [6, 6.07) is 0. The van der Waals surface area contributed by atoms with Crippen molar-refractivity contribution in [2.24, 2.45) is 0 Å². The van der Waals surface area contributed by atoms with Gasteiger partial charge in [-0.3, -0.25) is 9.05 Å². The van der Waals surface area contributed by atoms with E-state index in [0.717, 1.165) is 19.3 Å². The van der Waals surface area contributed by atoms with E-state index in [4.69, 9.17) is 13.8 Å². The second-order valence-corrected chi connectivity index (χ2v) is 13.4. The van der Waals surface area contributed by atoms with Gasteiger partial charge in [-0.25, -0.2) is 9.36 Å². The van der Waals surface area contributed by atoms with Gasteiger partial charge in [0.2, 0.25) is 0 Å². The number of phosphoric acid groups is 1. The number of nitrogens with one attached hydrogen (secondary N) is 1. The molecule has 0 aromatic heterocycles. The Labute approximate surface area is 241 Å². The average molecular weight is 580 g/mol. The third-order valence-electron chi connectivity index (χ3n) is 6.91. The van der Waals surface area contributed by atoms with Gasteiger partial charge in [0.25, 0.3) is 0 Å². The van der Waals surface area contributed by atoms with Crippen LogP contribution in [-0.4, -0.2) is 69.0 Å². The molecule has 2 N–H and O–H groups in total. The monoisotopic (exact) mass is 579 g/mol. The van der Waals surface area contributed by atoms with Crippen molar-refractivity contribution in [2.75, 3.05) is 47.4 Å². The van der Waals surface area contributed by atoms with Crippen molar-refractivity contribution in [1.29, 1.82) is 0 Å². The van der Waals surface area contributed by atoms with E-state index in [1.165, 1.54) is 96.3 Å². The number of rotatable bonds is 28. The lowest BCUT2D eigenvalue weighted by atomic mass is 10.0. The van der Waals surface area contributed by atoms with Gasteiger partial charge in [-0.05, 0) is 19.8 Å². The van der Waals surface area contributed by atoms with Gasteiger partial charge in [-0.2, -0.15) is 0 Å². The summed E-state index contributed by atoms with van der Waals surface area (Å²) in [5.41, 5.74) is 0. The van der Waals surface area contributed by atoms with Crippen LogP contribution in [0.15, 0.2) is 0 Å². The number of ether oxygens (including phenoxy) is 1. The molecule has 9 heteroatoms. The highest BCUT2D eigenvalue weighted by atomic mass is 31.2. The minimum Gasteiger partial charge on any atom is -0.444 e. The van der Waals surface area contributed by atoms with E-state index in [0.29, 0.717) is 24.0 Å². The van der Waals surface area contributed by atoms with Crippen LogP contribution < -0.4 is 5.32 Å². The normalized spacial score (nSPS) is 14.2. The molecule has 1 amide bonds. The first kappa shape index (κ1) is 38.3. The molecule has 0 aromatic rings. The van der Waals surface area contributed by atoms with Gasteiger partial charge in [0.15, 0.2) is 0 Å². The Balaban J connectivity index is 3.89. The molecule has 0 saturated carbocycles. The van der Waals surface area contributed by atoms with Crippen molar-refractivity contribution in [2.45, 2.75) is 142 Å². The number of likely N-dealkylation sites (N-methyl/N-ethyl adjacent to an activating group) is 1. The Morgan fingerprint density at radius 2 is 1.18 bits per heavy atom. The van der Waals surface area contributed by atoms with Crippen molar-refractivity contribution >= 4 is 13.9 Å². The van der Waals surface area contributed by atoms with Gasteiger partial charge in [0.1, 0.15) is 19.3 Å². The van der Waals surface area contributed by atoms with Crippen LogP contribution in [0.3, 0.4) is 0 Å². The van der Waals surface area contributed by atoms with Crippen molar-refractivity contribution < 1.29 is 32.5 Å². The fraction of sp³-hybridized carbons (Fsp3) is 0.967. The smallest absolute Gasteiger partial charge is 0.444 e. The van der Waals surface area contributed by atoms with E-state index >= 15 is 0 Å². The van der Waals surface area contributed by atoms with Crippen LogP contribution in [0.2, 0.25) is 0 Å². The van der Waals surface area contributed by atoms with Crippen molar-refractivity contribution in [3.63, 3.8) is 0 Å². The molecule has 39 heavy (non-hydrogen) atoms. The van der Waals surface area contributed by atoms with E-state index in [2.05, 4.69) is 12.2 Å². The Kier molecular flexibility index (Phi) is 24.7. The molecule has 8 nitrogen and oxygen atoms in total. The quantitative estimate of drug-likeness (QED) is 0.0549. The number of phosphoric ester groups is 1. The number of unbranched alkanes of at least 4 members (excludes halogenated alkanes) is 17. The van der Waals surface area contributed by atoms with Gasteiger partial charge >= 0.3 is 13.9 Å². The van der Waals surface area contributed by atoms with Gasteiger partial charge in [-0.15, -0.1) is 0 Å². The molecule has 0 bridgehead atoms. The predicted octanol–water partition coefficient (Wildman–Crippen LogP) is 8.37. The molecule has 0 heterocycles. The van der Waals surface area contributed by atoms with E-state index < -0.39 is 20.0 Å². The Bertz CT molecular complexity index is 615. The lowest BCUT2D eigenvalue weighted by molar-refractivity contribution is -0.870. The molecule has 0 radical (unpaired) electrons. The molecule has 0 fully saturated rings. The summed E-state index contributed by atoms with van der Waals surface area (Å²) >= 11 is 0. The molecule has 2 unspecified atom stereocenters. The number of nitrogens with zero attached hydrogens (tertiary/aromatic N) is 1. The molecular weight excluding hydrogens is 515 g/mol. The molecule has 0 rings (SSSR count). The van der Waals surface area contributed by atoms with E-state index in [9.17, 15) is 14.3 Å². The zero-order valence-corrected chi connectivity index (χ0v) is 27.1. The third kappa shape index (κ3) is 28.7. The number of carbonyl (C=O) groups is 1. The second-order valence-electron chi connectivity index (χ2n) is 12.0. The molecule has 0 saturated heterocycles. The van der Waals surface area contributed by atoms with Crippen LogP contribution in [0, 0.1) is 0 Å². The Morgan fingerprint density at radius 3 is 1.59 bits per heavy atom. The maximum Gasteiger partial charge on any atom is 0.472 e. The zero-order chi connectivity index (χ0) is 29.2. The fourth-order valence-corrected chi connectivity index (χ4v) is 5.17. The molecule has 0 aliphatic carbocycles. The van der Waals surface area contributed by atoms with Crippen molar-refractivity contribution in [1.82, 2.24) is 5.32 Å². The van der Waals surface area contributed by atoms with Gasteiger partial charge in [0.05, 0.1) is 27.7 Å². The summed E-state index contributed by atoms with van der Waals surface area (Å²) < 4.78 is 28.4. The minimum atomic E-state index is -4.19. The first-order valence-corrected chi connectivity index (χ1v) is 17.5. The van der Waals surface area contributed by atoms with Gasteiger partial charge in [-0.1, -0.05) is 116 Å². The highest BCUT2D eigenvalue weighted by Gasteiger charge is 2.26. The zero-order valence-electron chi connectivity index (χ0n) is 26.2. The average Bonchev–Trinajstić information content (AvgIpc) is 2.85.